The molecule has 3 nitrogen and oxygen atoms in total. The minimum atomic E-state index is 0.0615. The second kappa shape index (κ2) is 6.90. The van der Waals surface area contributed by atoms with Gasteiger partial charge in [0, 0.05) is 20.3 Å². The molecule has 100 valence electrons. The third kappa shape index (κ3) is 4.07. The summed E-state index contributed by atoms with van der Waals surface area (Å²) in [6, 6.07) is 14.3. The molecular formula is C16H19NO2. The van der Waals surface area contributed by atoms with Crippen LogP contribution in [0.15, 0.2) is 42.5 Å². The molecule has 0 aliphatic rings. The van der Waals surface area contributed by atoms with Crippen molar-refractivity contribution in [3.63, 3.8) is 0 Å². The highest BCUT2D eigenvalue weighted by atomic mass is 16.5. The van der Waals surface area contributed by atoms with Crippen LogP contribution in [-0.2, 0) is 16.0 Å². The first-order valence-corrected chi connectivity index (χ1v) is 6.53. The minimum absolute atomic E-state index is 0.0615. The lowest BCUT2D eigenvalue weighted by atomic mass is 10.0. The summed E-state index contributed by atoms with van der Waals surface area (Å²) in [5.74, 6) is 0.0615. The van der Waals surface area contributed by atoms with Gasteiger partial charge in [-0.25, -0.2) is 0 Å². The van der Waals surface area contributed by atoms with Crippen molar-refractivity contribution in [3.05, 3.63) is 48.0 Å². The van der Waals surface area contributed by atoms with E-state index in [1.807, 2.05) is 18.2 Å². The molecule has 0 aliphatic heterocycles. The molecule has 2 rings (SSSR count). The van der Waals surface area contributed by atoms with Crippen molar-refractivity contribution >= 4 is 16.7 Å². The molecule has 0 heterocycles. The van der Waals surface area contributed by atoms with Crippen molar-refractivity contribution in [1.82, 2.24) is 5.32 Å². The molecule has 2 aromatic rings. The van der Waals surface area contributed by atoms with Crippen LogP contribution in [0, 0.1) is 0 Å². The monoisotopic (exact) mass is 257 g/mol. The van der Waals surface area contributed by atoms with Gasteiger partial charge in [-0.1, -0.05) is 42.5 Å². The minimum Gasteiger partial charge on any atom is -0.385 e. The zero-order valence-corrected chi connectivity index (χ0v) is 11.2. The first kappa shape index (κ1) is 13.6. The lowest BCUT2D eigenvalue weighted by Gasteiger charge is -2.06. The molecule has 1 amide bonds. The van der Waals surface area contributed by atoms with Crippen LogP contribution in [-0.4, -0.2) is 26.2 Å². The summed E-state index contributed by atoms with van der Waals surface area (Å²) >= 11 is 0. The Kier molecular flexibility index (Phi) is 4.93. The van der Waals surface area contributed by atoms with E-state index in [0.29, 0.717) is 19.6 Å². The molecule has 0 radical (unpaired) electrons. The van der Waals surface area contributed by atoms with E-state index in [1.165, 1.54) is 10.8 Å². The molecule has 0 atom stereocenters. The predicted octanol–water partition coefficient (Wildman–Crippen LogP) is 2.54. The summed E-state index contributed by atoms with van der Waals surface area (Å²) in [6.07, 6.45) is 1.28. The Labute approximate surface area is 113 Å². The predicted molar refractivity (Wildman–Crippen MR) is 77.2 cm³/mol. The van der Waals surface area contributed by atoms with E-state index in [-0.39, 0.29) is 5.91 Å². The van der Waals surface area contributed by atoms with Crippen molar-refractivity contribution in [2.24, 2.45) is 0 Å². The molecule has 0 aliphatic carbocycles. The molecule has 0 aromatic heterocycles. The Bertz CT molecular complexity index is 551. The summed E-state index contributed by atoms with van der Waals surface area (Å²) in [5, 5.41) is 5.27. The second-order valence-electron chi connectivity index (χ2n) is 4.55. The number of carbonyl (C=O) groups excluding carboxylic acids is 1. The van der Waals surface area contributed by atoms with Crippen LogP contribution in [0.1, 0.15) is 12.0 Å². The summed E-state index contributed by atoms with van der Waals surface area (Å²) in [5.41, 5.74) is 1.04. The van der Waals surface area contributed by atoms with Crippen molar-refractivity contribution < 1.29 is 9.53 Å². The zero-order chi connectivity index (χ0) is 13.5. The Morgan fingerprint density at radius 2 is 1.95 bits per heavy atom. The summed E-state index contributed by atoms with van der Waals surface area (Å²) < 4.78 is 4.94. The topological polar surface area (TPSA) is 38.3 Å². The van der Waals surface area contributed by atoms with E-state index in [4.69, 9.17) is 4.74 Å². The van der Waals surface area contributed by atoms with Gasteiger partial charge in [0.2, 0.25) is 5.91 Å². The van der Waals surface area contributed by atoms with Gasteiger partial charge in [0.25, 0.3) is 0 Å². The van der Waals surface area contributed by atoms with Crippen LogP contribution in [0.4, 0.5) is 0 Å². The van der Waals surface area contributed by atoms with Gasteiger partial charge in [-0.15, -0.1) is 0 Å². The molecule has 0 fully saturated rings. The van der Waals surface area contributed by atoms with Crippen LogP contribution in [0.5, 0.6) is 0 Å². The highest BCUT2D eigenvalue weighted by molar-refractivity contribution is 5.85. The van der Waals surface area contributed by atoms with Crippen LogP contribution in [0.25, 0.3) is 10.8 Å². The highest BCUT2D eigenvalue weighted by Gasteiger charge is 2.03. The summed E-state index contributed by atoms with van der Waals surface area (Å²) in [7, 11) is 1.66. The molecule has 19 heavy (non-hydrogen) atoms. The standard InChI is InChI=1S/C16H19NO2/c1-19-10-4-9-17-16(18)12-13-7-8-14-5-2-3-6-15(14)11-13/h2-3,5-8,11H,4,9-10,12H2,1H3,(H,17,18). The first-order valence-electron chi connectivity index (χ1n) is 6.53. The van der Waals surface area contributed by atoms with Crippen LogP contribution < -0.4 is 5.32 Å². The maximum atomic E-state index is 11.8. The largest absolute Gasteiger partial charge is 0.385 e. The number of hydrogen-bond donors (Lipinski definition) is 1. The van der Waals surface area contributed by atoms with Gasteiger partial charge in [0.1, 0.15) is 0 Å². The molecule has 0 unspecified atom stereocenters. The quantitative estimate of drug-likeness (QED) is 0.808. The maximum Gasteiger partial charge on any atom is 0.224 e. The molecule has 0 spiro atoms. The van der Waals surface area contributed by atoms with Gasteiger partial charge < -0.3 is 10.1 Å². The van der Waals surface area contributed by atoms with E-state index in [2.05, 4.69) is 29.6 Å². The Hall–Kier alpha value is -1.87. The number of amides is 1. The van der Waals surface area contributed by atoms with Crippen molar-refractivity contribution in [1.29, 1.82) is 0 Å². The van der Waals surface area contributed by atoms with Crippen molar-refractivity contribution in [2.75, 3.05) is 20.3 Å². The third-order valence-corrected chi connectivity index (χ3v) is 3.03. The van der Waals surface area contributed by atoms with Gasteiger partial charge in [0.05, 0.1) is 6.42 Å². The number of fused-ring (bicyclic) bond motifs is 1. The summed E-state index contributed by atoms with van der Waals surface area (Å²) in [6.45, 7) is 1.34. The van der Waals surface area contributed by atoms with E-state index in [9.17, 15) is 4.79 Å². The second-order valence-corrected chi connectivity index (χ2v) is 4.55. The number of methoxy groups -OCH3 is 1. The Balaban J connectivity index is 1.91. The number of benzene rings is 2. The van der Waals surface area contributed by atoms with Crippen LogP contribution in [0.2, 0.25) is 0 Å². The molecule has 0 bridgehead atoms. The fourth-order valence-corrected chi connectivity index (χ4v) is 2.04. The number of rotatable bonds is 6. The molecule has 1 N–H and O–H groups in total. The maximum absolute atomic E-state index is 11.8. The molecule has 2 aromatic carbocycles. The van der Waals surface area contributed by atoms with Gasteiger partial charge in [-0.2, -0.15) is 0 Å². The highest BCUT2D eigenvalue weighted by Crippen LogP contribution is 2.15. The summed E-state index contributed by atoms with van der Waals surface area (Å²) in [4.78, 5) is 11.8. The Morgan fingerprint density at radius 1 is 1.16 bits per heavy atom. The lowest BCUT2D eigenvalue weighted by molar-refractivity contribution is -0.120. The van der Waals surface area contributed by atoms with Gasteiger partial charge in [0.15, 0.2) is 0 Å². The molecular weight excluding hydrogens is 238 g/mol. The average molecular weight is 257 g/mol. The zero-order valence-electron chi connectivity index (χ0n) is 11.2. The normalized spacial score (nSPS) is 10.6. The van der Waals surface area contributed by atoms with E-state index < -0.39 is 0 Å². The number of nitrogens with one attached hydrogen (secondary N) is 1. The van der Waals surface area contributed by atoms with Gasteiger partial charge in [-0.05, 0) is 22.8 Å². The van der Waals surface area contributed by atoms with Crippen LogP contribution in [0.3, 0.4) is 0 Å². The van der Waals surface area contributed by atoms with Gasteiger partial charge >= 0.3 is 0 Å². The molecule has 0 saturated heterocycles. The SMILES string of the molecule is COCCCNC(=O)Cc1ccc2ccccc2c1. The van der Waals surface area contributed by atoms with Crippen LogP contribution >= 0.6 is 0 Å². The third-order valence-electron chi connectivity index (χ3n) is 3.03. The lowest BCUT2D eigenvalue weighted by Crippen LogP contribution is -2.26. The fraction of sp³-hybridized carbons (Fsp3) is 0.312. The van der Waals surface area contributed by atoms with E-state index >= 15 is 0 Å². The average Bonchev–Trinajstić information content (AvgIpc) is 2.43. The van der Waals surface area contributed by atoms with Gasteiger partial charge in [-0.3, -0.25) is 4.79 Å². The smallest absolute Gasteiger partial charge is 0.224 e. The number of hydrogen-bond acceptors (Lipinski definition) is 2. The number of ether oxygens (including phenoxy) is 1. The molecule has 0 saturated carbocycles. The van der Waals surface area contributed by atoms with Crippen molar-refractivity contribution in [2.45, 2.75) is 12.8 Å². The number of carbonyl (C=O) groups is 1. The van der Waals surface area contributed by atoms with Crippen molar-refractivity contribution in [3.8, 4) is 0 Å². The molecule has 3 heteroatoms. The van der Waals surface area contributed by atoms with E-state index in [1.54, 1.807) is 7.11 Å². The fourth-order valence-electron chi connectivity index (χ4n) is 2.04. The first-order chi connectivity index (χ1) is 9.29. The Morgan fingerprint density at radius 3 is 2.74 bits per heavy atom. The van der Waals surface area contributed by atoms with E-state index in [0.717, 1.165) is 12.0 Å².